The summed E-state index contributed by atoms with van der Waals surface area (Å²) in [5, 5.41) is 2.10. The lowest BCUT2D eigenvalue weighted by molar-refractivity contribution is -0.132. The van der Waals surface area contributed by atoms with Crippen LogP contribution < -0.4 is 4.74 Å². The third-order valence-electron chi connectivity index (χ3n) is 5.38. The van der Waals surface area contributed by atoms with E-state index in [1.54, 1.807) is 11.3 Å². The van der Waals surface area contributed by atoms with Crippen molar-refractivity contribution in [2.75, 3.05) is 6.54 Å². The molecule has 1 aromatic heterocycles. The first-order valence-electron chi connectivity index (χ1n) is 9.50. The van der Waals surface area contributed by atoms with Crippen LogP contribution in [0, 0.1) is 0 Å². The first kappa shape index (κ1) is 16.6. The summed E-state index contributed by atoms with van der Waals surface area (Å²) in [5.41, 5.74) is 1.95. The van der Waals surface area contributed by atoms with E-state index in [-0.39, 0.29) is 11.8 Å². The van der Waals surface area contributed by atoms with Gasteiger partial charge in [0.05, 0.1) is 5.92 Å². The maximum absolute atomic E-state index is 13.7. The number of fused-ring (bicyclic) bond motifs is 2. The minimum atomic E-state index is -0.282. The molecule has 1 saturated carbocycles. The number of hydrogen-bond acceptors (Lipinski definition) is 3. The smallest absolute Gasteiger partial charge is 0.235 e. The number of nitrogens with zero attached hydrogens (tertiary/aromatic N) is 1. The highest BCUT2D eigenvalue weighted by molar-refractivity contribution is 7.09. The molecule has 0 unspecified atom stereocenters. The third kappa shape index (κ3) is 3.15. The van der Waals surface area contributed by atoms with Gasteiger partial charge < -0.3 is 9.64 Å². The van der Waals surface area contributed by atoms with Crippen molar-refractivity contribution in [1.29, 1.82) is 0 Å². The minimum Gasteiger partial charge on any atom is -0.457 e. The van der Waals surface area contributed by atoms with Crippen LogP contribution in [0.25, 0.3) is 0 Å². The highest BCUT2D eigenvalue weighted by Gasteiger charge is 2.40. The van der Waals surface area contributed by atoms with E-state index >= 15 is 0 Å². The molecule has 27 heavy (non-hydrogen) atoms. The Morgan fingerprint density at radius 1 is 0.963 bits per heavy atom. The molecule has 5 rings (SSSR count). The number of amides is 1. The van der Waals surface area contributed by atoms with E-state index in [1.165, 1.54) is 4.88 Å². The van der Waals surface area contributed by atoms with E-state index in [2.05, 4.69) is 22.4 Å². The molecule has 0 radical (unpaired) electrons. The van der Waals surface area contributed by atoms with Gasteiger partial charge in [0.25, 0.3) is 0 Å². The highest BCUT2D eigenvalue weighted by atomic mass is 32.1. The monoisotopic (exact) mass is 375 g/mol. The number of benzene rings is 2. The Morgan fingerprint density at radius 2 is 1.63 bits per heavy atom. The SMILES string of the molecule is O=C(C1c2ccccc2Oc2ccccc21)N(CCc1cccs1)C1CC1. The lowest BCUT2D eigenvalue weighted by Gasteiger charge is -2.32. The van der Waals surface area contributed by atoms with Gasteiger partial charge >= 0.3 is 0 Å². The first-order chi connectivity index (χ1) is 13.3. The Hall–Kier alpha value is -2.59. The minimum absolute atomic E-state index is 0.206. The quantitative estimate of drug-likeness (QED) is 0.612. The fourth-order valence-electron chi connectivity index (χ4n) is 3.89. The summed E-state index contributed by atoms with van der Waals surface area (Å²) in [6.07, 6.45) is 3.15. The van der Waals surface area contributed by atoms with Gasteiger partial charge in [-0.3, -0.25) is 4.79 Å². The summed E-state index contributed by atoms with van der Waals surface area (Å²) >= 11 is 1.76. The fourth-order valence-corrected chi connectivity index (χ4v) is 4.58. The van der Waals surface area contributed by atoms with Crippen LogP contribution in [0.5, 0.6) is 11.5 Å². The summed E-state index contributed by atoms with van der Waals surface area (Å²) in [7, 11) is 0. The van der Waals surface area contributed by atoms with Crippen molar-refractivity contribution >= 4 is 17.2 Å². The van der Waals surface area contributed by atoms with Crippen LogP contribution in [-0.4, -0.2) is 23.4 Å². The summed E-state index contributed by atoms with van der Waals surface area (Å²) in [4.78, 5) is 17.2. The summed E-state index contributed by atoms with van der Waals surface area (Å²) < 4.78 is 6.06. The van der Waals surface area contributed by atoms with Gasteiger partial charge in [0.2, 0.25) is 5.91 Å². The van der Waals surface area contributed by atoms with Crippen LogP contribution in [0.3, 0.4) is 0 Å². The van der Waals surface area contributed by atoms with E-state index < -0.39 is 0 Å². The van der Waals surface area contributed by atoms with Gasteiger partial charge in [-0.2, -0.15) is 0 Å². The zero-order chi connectivity index (χ0) is 18.2. The molecule has 3 aromatic rings. The second-order valence-electron chi connectivity index (χ2n) is 7.20. The number of rotatable bonds is 5. The molecule has 0 spiro atoms. The molecule has 1 aliphatic heterocycles. The second-order valence-corrected chi connectivity index (χ2v) is 8.24. The molecule has 136 valence electrons. The normalized spacial score (nSPS) is 15.6. The summed E-state index contributed by atoms with van der Waals surface area (Å²) in [6.45, 7) is 0.783. The third-order valence-corrected chi connectivity index (χ3v) is 6.31. The van der Waals surface area contributed by atoms with Crippen molar-refractivity contribution in [2.24, 2.45) is 0 Å². The molecule has 0 atom stereocenters. The molecular formula is C23H21NO2S. The molecular weight excluding hydrogens is 354 g/mol. The van der Waals surface area contributed by atoms with Crippen LogP contribution in [0.2, 0.25) is 0 Å². The molecule has 2 aliphatic rings. The predicted octanol–water partition coefficient (Wildman–Crippen LogP) is 5.22. The Bertz CT molecular complexity index is 917. The van der Waals surface area contributed by atoms with E-state index in [9.17, 15) is 4.79 Å². The number of ether oxygens (including phenoxy) is 1. The van der Waals surface area contributed by atoms with E-state index in [4.69, 9.17) is 4.74 Å². The number of para-hydroxylation sites is 2. The molecule has 1 amide bonds. The van der Waals surface area contributed by atoms with Gasteiger partial charge in [0.1, 0.15) is 11.5 Å². The zero-order valence-corrected chi connectivity index (χ0v) is 15.8. The summed E-state index contributed by atoms with van der Waals surface area (Å²) in [5.74, 6) is 1.51. The topological polar surface area (TPSA) is 29.5 Å². The largest absolute Gasteiger partial charge is 0.457 e. The Morgan fingerprint density at radius 3 is 2.22 bits per heavy atom. The van der Waals surface area contributed by atoms with Crippen LogP contribution in [0.1, 0.15) is 34.8 Å². The average molecular weight is 375 g/mol. The Balaban J connectivity index is 1.49. The Labute approximate surface area is 163 Å². The van der Waals surface area contributed by atoms with Crippen LogP contribution in [0.4, 0.5) is 0 Å². The fraction of sp³-hybridized carbons (Fsp3) is 0.261. The average Bonchev–Trinajstić information content (AvgIpc) is 3.40. The number of thiophene rings is 1. The van der Waals surface area contributed by atoms with Crippen molar-refractivity contribution < 1.29 is 9.53 Å². The molecule has 1 fully saturated rings. The zero-order valence-electron chi connectivity index (χ0n) is 15.0. The van der Waals surface area contributed by atoms with Gasteiger partial charge in [-0.05, 0) is 42.8 Å². The molecule has 0 bridgehead atoms. The van der Waals surface area contributed by atoms with E-state index in [1.807, 2.05) is 48.5 Å². The van der Waals surface area contributed by atoms with Crippen molar-refractivity contribution in [3.8, 4) is 11.5 Å². The maximum atomic E-state index is 13.7. The van der Waals surface area contributed by atoms with Crippen LogP contribution >= 0.6 is 11.3 Å². The van der Waals surface area contributed by atoms with Crippen LogP contribution in [0.15, 0.2) is 66.0 Å². The van der Waals surface area contributed by atoms with Gasteiger partial charge in [0.15, 0.2) is 0 Å². The molecule has 2 heterocycles. The predicted molar refractivity (Wildman–Crippen MR) is 108 cm³/mol. The Kier molecular flexibility index (Phi) is 4.21. The summed E-state index contributed by atoms with van der Waals surface area (Å²) in [6, 6.07) is 20.5. The molecule has 4 heteroatoms. The second kappa shape index (κ2) is 6.86. The van der Waals surface area contributed by atoms with Crippen molar-refractivity contribution in [3.05, 3.63) is 82.0 Å². The van der Waals surface area contributed by atoms with Crippen molar-refractivity contribution in [2.45, 2.75) is 31.2 Å². The van der Waals surface area contributed by atoms with Crippen molar-refractivity contribution in [1.82, 2.24) is 4.90 Å². The molecule has 2 aromatic carbocycles. The number of carbonyl (C=O) groups excluding carboxylic acids is 1. The van der Waals surface area contributed by atoms with Gasteiger partial charge in [-0.25, -0.2) is 0 Å². The number of carbonyl (C=O) groups is 1. The van der Waals surface area contributed by atoms with E-state index in [0.717, 1.165) is 48.4 Å². The molecule has 0 saturated heterocycles. The lowest BCUT2D eigenvalue weighted by Crippen LogP contribution is -2.39. The van der Waals surface area contributed by atoms with E-state index in [0.29, 0.717) is 6.04 Å². The lowest BCUT2D eigenvalue weighted by atomic mass is 9.86. The van der Waals surface area contributed by atoms with Crippen LogP contribution in [-0.2, 0) is 11.2 Å². The first-order valence-corrected chi connectivity index (χ1v) is 10.4. The van der Waals surface area contributed by atoms with Gasteiger partial charge in [-0.1, -0.05) is 42.5 Å². The maximum Gasteiger partial charge on any atom is 0.235 e. The van der Waals surface area contributed by atoms with Crippen molar-refractivity contribution in [3.63, 3.8) is 0 Å². The van der Waals surface area contributed by atoms with Gasteiger partial charge in [-0.15, -0.1) is 11.3 Å². The standard InChI is InChI=1S/C23H21NO2S/c25-23(24(16-11-12-16)14-13-17-6-5-15-27-17)22-18-7-1-3-9-20(18)26-21-10-4-2-8-19(21)22/h1-10,15-16,22H,11-14H2. The molecule has 1 aliphatic carbocycles. The van der Waals surface area contributed by atoms with Gasteiger partial charge in [0, 0.05) is 28.6 Å². The molecule has 0 N–H and O–H groups in total. The molecule has 3 nitrogen and oxygen atoms in total. The highest BCUT2D eigenvalue weighted by Crippen LogP contribution is 2.45. The number of hydrogen-bond donors (Lipinski definition) is 0.